The number of hydrogen-bond donors (Lipinski definition) is 1. The Labute approximate surface area is 139 Å². The molecule has 6 heteroatoms. The van der Waals surface area contributed by atoms with Gasteiger partial charge in [-0.1, -0.05) is 30.3 Å². The number of benzene rings is 2. The summed E-state index contributed by atoms with van der Waals surface area (Å²) in [4.78, 5) is 23.8. The second kappa shape index (κ2) is 8.34. The summed E-state index contributed by atoms with van der Waals surface area (Å²) in [7, 11) is 0. The van der Waals surface area contributed by atoms with Gasteiger partial charge in [-0.3, -0.25) is 4.79 Å². The molecule has 0 aliphatic rings. The molecule has 0 unspecified atom stereocenters. The molecule has 0 heterocycles. The molecule has 1 atom stereocenters. The quantitative estimate of drug-likeness (QED) is 0.825. The molecule has 0 bridgehead atoms. The molecule has 1 amide bonds. The lowest BCUT2D eigenvalue weighted by molar-refractivity contribution is -0.155. The Hall–Kier alpha value is -3.33. The summed E-state index contributed by atoms with van der Waals surface area (Å²) in [5.41, 5.74) is 0.699. The zero-order valence-electron chi connectivity index (χ0n) is 13.1. The van der Waals surface area contributed by atoms with Crippen LogP contribution in [0.15, 0.2) is 54.6 Å². The van der Waals surface area contributed by atoms with E-state index in [9.17, 15) is 9.59 Å². The van der Waals surface area contributed by atoms with Crippen LogP contribution in [0.25, 0.3) is 0 Å². The van der Waals surface area contributed by atoms with Crippen molar-refractivity contribution in [3.05, 3.63) is 60.2 Å². The summed E-state index contributed by atoms with van der Waals surface area (Å²) in [6.07, 6.45) is -1.01. The van der Waals surface area contributed by atoms with Crippen molar-refractivity contribution < 1.29 is 19.1 Å². The van der Waals surface area contributed by atoms with Crippen molar-refractivity contribution in [2.75, 3.05) is 11.9 Å². The van der Waals surface area contributed by atoms with Crippen LogP contribution in [0.5, 0.6) is 5.75 Å². The minimum absolute atomic E-state index is 0.295. The summed E-state index contributed by atoms with van der Waals surface area (Å²) in [6, 6.07) is 17.4. The first-order chi connectivity index (χ1) is 11.6. The molecule has 0 saturated carbocycles. The summed E-state index contributed by atoms with van der Waals surface area (Å²) >= 11 is 0. The Morgan fingerprint density at radius 1 is 1.12 bits per heavy atom. The Morgan fingerprint density at radius 3 is 2.50 bits per heavy atom. The third kappa shape index (κ3) is 4.85. The number of nitrogens with zero attached hydrogens (tertiary/aromatic N) is 1. The average molecular weight is 324 g/mol. The highest BCUT2D eigenvalue weighted by molar-refractivity contribution is 5.96. The number of para-hydroxylation sites is 2. The molecule has 0 aliphatic heterocycles. The van der Waals surface area contributed by atoms with Gasteiger partial charge in [0.15, 0.2) is 12.7 Å². The van der Waals surface area contributed by atoms with Crippen molar-refractivity contribution in [3.8, 4) is 11.8 Å². The van der Waals surface area contributed by atoms with Crippen molar-refractivity contribution in [2.24, 2.45) is 0 Å². The SMILES string of the molecule is C[C@@H](OC(=O)COc1ccccc1)C(=O)Nc1ccccc1C#N. The normalized spacial score (nSPS) is 11.0. The first kappa shape index (κ1) is 17.0. The highest BCUT2D eigenvalue weighted by Gasteiger charge is 2.19. The fourth-order valence-corrected chi connectivity index (χ4v) is 1.87. The standard InChI is InChI=1S/C18H16N2O4/c1-13(18(22)20-16-10-6-5-7-14(16)11-19)24-17(21)12-23-15-8-3-2-4-9-15/h2-10,13H,12H2,1H3,(H,20,22)/t13-/m1/s1. The molecule has 2 aromatic carbocycles. The first-order valence-corrected chi connectivity index (χ1v) is 7.27. The molecule has 0 aromatic heterocycles. The molecule has 0 spiro atoms. The third-order valence-corrected chi connectivity index (χ3v) is 3.08. The molecular weight excluding hydrogens is 308 g/mol. The van der Waals surface area contributed by atoms with Gasteiger partial charge in [-0.15, -0.1) is 0 Å². The number of amides is 1. The summed E-state index contributed by atoms with van der Waals surface area (Å²) in [5.74, 6) is -0.643. The van der Waals surface area contributed by atoms with E-state index in [1.54, 1.807) is 48.5 Å². The van der Waals surface area contributed by atoms with Gasteiger partial charge < -0.3 is 14.8 Å². The Balaban J connectivity index is 1.85. The van der Waals surface area contributed by atoms with Gasteiger partial charge in [0.2, 0.25) is 0 Å². The molecule has 24 heavy (non-hydrogen) atoms. The van der Waals surface area contributed by atoms with E-state index in [4.69, 9.17) is 14.7 Å². The van der Waals surface area contributed by atoms with E-state index >= 15 is 0 Å². The molecule has 0 fully saturated rings. The molecule has 0 saturated heterocycles. The van der Waals surface area contributed by atoms with Crippen LogP contribution < -0.4 is 10.1 Å². The first-order valence-electron chi connectivity index (χ1n) is 7.27. The summed E-state index contributed by atoms with van der Waals surface area (Å²) < 4.78 is 10.3. The molecule has 2 rings (SSSR count). The van der Waals surface area contributed by atoms with E-state index in [1.165, 1.54) is 6.92 Å². The fourth-order valence-electron chi connectivity index (χ4n) is 1.87. The fraction of sp³-hybridized carbons (Fsp3) is 0.167. The van der Waals surface area contributed by atoms with Crippen LogP contribution >= 0.6 is 0 Å². The molecule has 0 aliphatic carbocycles. The van der Waals surface area contributed by atoms with Crippen LogP contribution in [0.3, 0.4) is 0 Å². The van der Waals surface area contributed by atoms with Gasteiger partial charge >= 0.3 is 5.97 Å². The third-order valence-electron chi connectivity index (χ3n) is 3.08. The van der Waals surface area contributed by atoms with Crippen LogP contribution in [0.2, 0.25) is 0 Å². The number of anilines is 1. The maximum absolute atomic E-state index is 12.1. The van der Waals surface area contributed by atoms with Gasteiger partial charge in [0, 0.05) is 0 Å². The van der Waals surface area contributed by atoms with E-state index in [0.717, 1.165) is 0 Å². The predicted molar refractivity (Wildman–Crippen MR) is 87.3 cm³/mol. The van der Waals surface area contributed by atoms with E-state index in [1.807, 2.05) is 12.1 Å². The van der Waals surface area contributed by atoms with Gasteiger partial charge in [-0.25, -0.2) is 4.79 Å². The van der Waals surface area contributed by atoms with E-state index in [-0.39, 0.29) is 6.61 Å². The number of esters is 1. The van der Waals surface area contributed by atoms with E-state index in [2.05, 4.69) is 5.32 Å². The number of hydrogen-bond acceptors (Lipinski definition) is 5. The summed E-state index contributed by atoms with van der Waals surface area (Å²) in [5, 5.41) is 11.6. The van der Waals surface area contributed by atoms with Crippen LogP contribution in [0.1, 0.15) is 12.5 Å². The minimum atomic E-state index is -1.01. The number of nitriles is 1. The Kier molecular flexibility index (Phi) is 5.92. The Morgan fingerprint density at radius 2 is 1.79 bits per heavy atom. The zero-order valence-corrected chi connectivity index (χ0v) is 13.1. The van der Waals surface area contributed by atoms with Crippen LogP contribution in [0, 0.1) is 11.3 Å². The lowest BCUT2D eigenvalue weighted by atomic mass is 10.2. The highest BCUT2D eigenvalue weighted by Crippen LogP contribution is 2.14. The molecule has 1 N–H and O–H groups in total. The highest BCUT2D eigenvalue weighted by atomic mass is 16.6. The van der Waals surface area contributed by atoms with Crippen molar-refractivity contribution in [2.45, 2.75) is 13.0 Å². The largest absolute Gasteiger partial charge is 0.482 e. The number of ether oxygens (including phenoxy) is 2. The predicted octanol–water partition coefficient (Wildman–Crippen LogP) is 2.51. The lowest BCUT2D eigenvalue weighted by Crippen LogP contribution is -2.31. The second-order valence-corrected chi connectivity index (χ2v) is 4.88. The van der Waals surface area contributed by atoms with Gasteiger partial charge in [-0.2, -0.15) is 5.26 Å². The monoisotopic (exact) mass is 324 g/mol. The lowest BCUT2D eigenvalue weighted by Gasteiger charge is -2.14. The van der Waals surface area contributed by atoms with Crippen molar-refractivity contribution in [1.29, 1.82) is 5.26 Å². The smallest absolute Gasteiger partial charge is 0.344 e. The molecule has 6 nitrogen and oxygen atoms in total. The molecule has 2 aromatic rings. The van der Waals surface area contributed by atoms with Gasteiger partial charge in [0.1, 0.15) is 11.8 Å². The molecule has 122 valence electrons. The van der Waals surface area contributed by atoms with Crippen LogP contribution in [0.4, 0.5) is 5.69 Å². The topological polar surface area (TPSA) is 88.4 Å². The van der Waals surface area contributed by atoms with Crippen LogP contribution in [-0.4, -0.2) is 24.6 Å². The van der Waals surface area contributed by atoms with Gasteiger partial charge in [-0.05, 0) is 31.2 Å². The molecule has 0 radical (unpaired) electrons. The maximum Gasteiger partial charge on any atom is 0.344 e. The van der Waals surface area contributed by atoms with Crippen molar-refractivity contribution in [1.82, 2.24) is 0 Å². The minimum Gasteiger partial charge on any atom is -0.482 e. The van der Waals surface area contributed by atoms with Crippen molar-refractivity contribution in [3.63, 3.8) is 0 Å². The number of carbonyl (C=O) groups excluding carboxylic acids is 2. The molecular formula is C18H16N2O4. The zero-order chi connectivity index (χ0) is 17.4. The summed E-state index contributed by atoms with van der Waals surface area (Å²) in [6.45, 7) is 1.15. The van der Waals surface area contributed by atoms with E-state index < -0.39 is 18.0 Å². The number of rotatable bonds is 6. The van der Waals surface area contributed by atoms with E-state index in [0.29, 0.717) is 17.0 Å². The Bertz CT molecular complexity index is 753. The number of carbonyl (C=O) groups is 2. The van der Waals surface area contributed by atoms with Crippen molar-refractivity contribution >= 4 is 17.6 Å². The van der Waals surface area contributed by atoms with Gasteiger partial charge in [0.25, 0.3) is 5.91 Å². The maximum atomic E-state index is 12.1. The second-order valence-electron chi connectivity index (χ2n) is 4.88. The van der Waals surface area contributed by atoms with Gasteiger partial charge in [0.05, 0.1) is 11.3 Å². The number of nitrogens with one attached hydrogen (secondary N) is 1. The van der Waals surface area contributed by atoms with Crippen LogP contribution in [-0.2, 0) is 14.3 Å². The average Bonchev–Trinajstić information content (AvgIpc) is 2.61.